The first-order valence-electron chi connectivity index (χ1n) is 7.46. The Morgan fingerprint density at radius 3 is 2.90 bits per heavy atom. The van der Waals surface area contributed by atoms with Crippen LogP contribution >= 0.6 is 0 Å². The van der Waals surface area contributed by atoms with Crippen molar-refractivity contribution in [2.75, 3.05) is 5.32 Å². The smallest absolute Gasteiger partial charge is 0.303 e. The lowest BCUT2D eigenvalue weighted by atomic mass is 9.97. The second-order valence-electron chi connectivity index (χ2n) is 5.56. The monoisotopic (exact) mass is 290 g/mol. The molecule has 1 unspecified atom stereocenters. The number of benzene rings is 1. The van der Waals surface area contributed by atoms with E-state index in [1.54, 1.807) is 0 Å². The molecule has 1 aromatic carbocycles. The number of anilines is 1. The highest BCUT2D eigenvalue weighted by Gasteiger charge is 2.15. The van der Waals surface area contributed by atoms with E-state index in [9.17, 15) is 9.59 Å². The largest absolute Gasteiger partial charge is 0.481 e. The van der Waals surface area contributed by atoms with Gasteiger partial charge in [-0.2, -0.15) is 0 Å². The Kier molecular flexibility index (Phi) is 5.33. The molecule has 114 valence electrons. The molecule has 1 aliphatic heterocycles. The predicted molar refractivity (Wildman–Crippen MR) is 81.0 cm³/mol. The Bertz CT molecular complexity index is 528. The fourth-order valence-electron chi connectivity index (χ4n) is 2.63. The number of aliphatic carboxylic acids is 1. The van der Waals surface area contributed by atoms with Crippen molar-refractivity contribution < 1.29 is 14.7 Å². The van der Waals surface area contributed by atoms with Crippen LogP contribution in [0.25, 0.3) is 0 Å². The first kappa shape index (κ1) is 15.5. The van der Waals surface area contributed by atoms with Crippen molar-refractivity contribution in [3.63, 3.8) is 0 Å². The van der Waals surface area contributed by atoms with Crippen molar-refractivity contribution in [1.82, 2.24) is 0 Å². The zero-order chi connectivity index (χ0) is 15.2. The molecule has 1 amide bonds. The Morgan fingerprint density at radius 1 is 1.33 bits per heavy atom. The van der Waals surface area contributed by atoms with Gasteiger partial charge in [-0.15, -0.1) is 0 Å². The molecule has 0 bridgehead atoms. The number of carbonyl (C=O) groups is 2. The molecular formula is C16H22N2O3. The van der Waals surface area contributed by atoms with Crippen molar-refractivity contribution in [2.24, 2.45) is 5.73 Å². The van der Waals surface area contributed by atoms with Crippen LogP contribution in [0.4, 0.5) is 5.69 Å². The third-order valence-corrected chi connectivity index (χ3v) is 3.84. The molecule has 1 aliphatic rings. The van der Waals surface area contributed by atoms with Crippen LogP contribution in [0.5, 0.6) is 0 Å². The number of unbranched alkanes of at least 4 members (excludes halogenated alkanes) is 1. The molecule has 0 radical (unpaired) electrons. The number of hydrogen-bond donors (Lipinski definition) is 3. The van der Waals surface area contributed by atoms with Gasteiger partial charge < -0.3 is 16.2 Å². The number of amides is 1. The summed E-state index contributed by atoms with van der Waals surface area (Å²) >= 11 is 0. The lowest BCUT2D eigenvalue weighted by Gasteiger charge is -2.15. The van der Waals surface area contributed by atoms with Gasteiger partial charge in [-0.3, -0.25) is 9.59 Å². The van der Waals surface area contributed by atoms with Gasteiger partial charge in [-0.1, -0.05) is 18.6 Å². The summed E-state index contributed by atoms with van der Waals surface area (Å²) < 4.78 is 0. The number of carboxylic acids is 1. The van der Waals surface area contributed by atoms with E-state index in [0.717, 1.165) is 42.5 Å². The molecule has 0 spiro atoms. The lowest BCUT2D eigenvalue weighted by molar-refractivity contribution is -0.137. The van der Waals surface area contributed by atoms with Crippen LogP contribution < -0.4 is 11.1 Å². The molecule has 0 fully saturated rings. The quantitative estimate of drug-likeness (QED) is 0.702. The summed E-state index contributed by atoms with van der Waals surface area (Å²) in [4.78, 5) is 22.0. The van der Waals surface area contributed by atoms with Crippen molar-refractivity contribution in [2.45, 2.75) is 51.0 Å². The zero-order valence-electron chi connectivity index (χ0n) is 12.1. The van der Waals surface area contributed by atoms with Gasteiger partial charge in [-0.05, 0) is 42.9 Å². The molecule has 5 heteroatoms. The van der Waals surface area contributed by atoms with E-state index in [-0.39, 0.29) is 18.4 Å². The number of carboxylic acid groups (broad SMARTS) is 1. The standard InChI is InChI=1S/C16H22N2O3/c17-13(5-1-2-7-16(20)21)11-8-9-14-12(10-11)4-3-6-15(19)18-14/h8-10,13H,1-7,17H2,(H,18,19)(H,20,21). The molecule has 0 aliphatic carbocycles. The van der Waals surface area contributed by atoms with E-state index < -0.39 is 5.97 Å². The number of rotatable bonds is 6. The maximum Gasteiger partial charge on any atom is 0.303 e. The molecule has 1 atom stereocenters. The second-order valence-corrected chi connectivity index (χ2v) is 5.56. The van der Waals surface area contributed by atoms with Gasteiger partial charge in [0, 0.05) is 24.6 Å². The van der Waals surface area contributed by atoms with Crippen LogP contribution in [0.15, 0.2) is 18.2 Å². The van der Waals surface area contributed by atoms with Crippen LogP contribution in [0.2, 0.25) is 0 Å². The van der Waals surface area contributed by atoms with Crippen LogP contribution in [0.3, 0.4) is 0 Å². The third-order valence-electron chi connectivity index (χ3n) is 3.84. The Morgan fingerprint density at radius 2 is 2.14 bits per heavy atom. The summed E-state index contributed by atoms with van der Waals surface area (Å²) in [5.41, 5.74) is 9.26. The number of aryl methyl sites for hydroxylation is 1. The number of hydrogen-bond acceptors (Lipinski definition) is 3. The van der Waals surface area contributed by atoms with Crippen molar-refractivity contribution in [1.29, 1.82) is 0 Å². The summed E-state index contributed by atoms with van der Waals surface area (Å²) in [5.74, 6) is -0.691. The van der Waals surface area contributed by atoms with Crippen LogP contribution in [-0.4, -0.2) is 17.0 Å². The van der Waals surface area contributed by atoms with Gasteiger partial charge in [0.25, 0.3) is 0 Å². The van der Waals surface area contributed by atoms with Crippen LogP contribution in [-0.2, 0) is 16.0 Å². The van der Waals surface area contributed by atoms with Crippen molar-refractivity contribution in [3.8, 4) is 0 Å². The van der Waals surface area contributed by atoms with Gasteiger partial charge in [0.15, 0.2) is 0 Å². The Labute approximate surface area is 124 Å². The van der Waals surface area contributed by atoms with E-state index in [4.69, 9.17) is 10.8 Å². The second kappa shape index (κ2) is 7.22. The first-order chi connectivity index (χ1) is 10.1. The molecule has 5 nitrogen and oxygen atoms in total. The molecular weight excluding hydrogens is 268 g/mol. The summed E-state index contributed by atoms with van der Waals surface area (Å²) in [6, 6.07) is 5.86. The zero-order valence-corrected chi connectivity index (χ0v) is 12.1. The number of nitrogens with one attached hydrogen (secondary N) is 1. The average Bonchev–Trinajstić information content (AvgIpc) is 2.62. The minimum Gasteiger partial charge on any atom is -0.481 e. The normalized spacial score (nSPS) is 15.8. The minimum absolute atomic E-state index is 0.0690. The summed E-state index contributed by atoms with van der Waals surface area (Å²) in [5, 5.41) is 11.5. The van der Waals surface area contributed by atoms with E-state index in [0.29, 0.717) is 12.8 Å². The highest BCUT2D eigenvalue weighted by atomic mass is 16.4. The topological polar surface area (TPSA) is 92.4 Å². The Hall–Kier alpha value is -1.88. The number of nitrogens with two attached hydrogens (primary N) is 1. The van der Waals surface area contributed by atoms with Crippen molar-refractivity contribution >= 4 is 17.6 Å². The molecule has 2 rings (SSSR count). The van der Waals surface area contributed by atoms with Crippen LogP contribution in [0, 0.1) is 0 Å². The summed E-state index contributed by atoms with van der Waals surface area (Å²) in [6.45, 7) is 0. The van der Waals surface area contributed by atoms with Gasteiger partial charge >= 0.3 is 5.97 Å². The molecule has 1 heterocycles. The predicted octanol–water partition coefficient (Wildman–Crippen LogP) is 2.61. The van der Waals surface area contributed by atoms with Crippen molar-refractivity contribution in [3.05, 3.63) is 29.3 Å². The highest BCUT2D eigenvalue weighted by Crippen LogP contribution is 2.26. The minimum atomic E-state index is -0.760. The maximum absolute atomic E-state index is 11.5. The molecule has 0 saturated heterocycles. The highest BCUT2D eigenvalue weighted by molar-refractivity contribution is 5.92. The molecule has 0 aromatic heterocycles. The maximum atomic E-state index is 11.5. The molecule has 21 heavy (non-hydrogen) atoms. The van der Waals surface area contributed by atoms with Gasteiger partial charge in [0.1, 0.15) is 0 Å². The van der Waals surface area contributed by atoms with E-state index >= 15 is 0 Å². The lowest BCUT2D eigenvalue weighted by Crippen LogP contribution is -2.12. The van der Waals surface area contributed by atoms with Gasteiger partial charge in [0.05, 0.1) is 0 Å². The third kappa shape index (κ3) is 4.56. The van der Waals surface area contributed by atoms with E-state index in [1.807, 2.05) is 12.1 Å². The molecule has 4 N–H and O–H groups in total. The van der Waals surface area contributed by atoms with Crippen LogP contribution in [0.1, 0.15) is 55.7 Å². The van der Waals surface area contributed by atoms with Gasteiger partial charge in [0.2, 0.25) is 5.91 Å². The average molecular weight is 290 g/mol. The van der Waals surface area contributed by atoms with Gasteiger partial charge in [-0.25, -0.2) is 0 Å². The fraction of sp³-hybridized carbons (Fsp3) is 0.500. The Balaban J connectivity index is 1.95. The summed E-state index contributed by atoms with van der Waals surface area (Å²) in [6.07, 6.45) is 4.74. The SMILES string of the molecule is NC(CCCCC(=O)O)c1ccc2c(c1)CCCC(=O)N2. The molecule has 0 saturated carbocycles. The van der Waals surface area contributed by atoms with E-state index in [1.165, 1.54) is 0 Å². The first-order valence-corrected chi connectivity index (χ1v) is 7.46. The number of carbonyl (C=O) groups excluding carboxylic acids is 1. The fourth-order valence-corrected chi connectivity index (χ4v) is 2.63. The van der Waals surface area contributed by atoms with E-state index in [2.05, 4.69) is 11.4 Å². The number of fused-ring (bicyclic) bond motifs is 1. The molecule has 1 aromatic rings. The summed E-state index contributed by atoms with van der Waals surface area (Å²) in [7, 11) is 0.